The molecule has 0 radical (unpaired) electrons. The van der Waals surface area contributed by atoms with E-state index in [4.69, 9.17) is 15.2 Å². The number of phenols is 1. The quantitative estimate of drug-likeness (QED) is 0.709. The van der Waals surface area contributed by atoms with E-state index in [0.717, 1.165) is 74.7 Å². The van der Waals surface area contributed by atoms with Crippen LogP contribution in [0.15, 0.2) is 18.2 Å². The molecule has 0 aliphatic carbocycles. The Morgan fingerprint density at radius 1 is 1.21 bits per heavy atom. The summed E-state index contributed by atoms with van der Waals surface area (Å²) >= 11 is 0. The van der Waals surface area contributed by atoms with Crippen LogP contribution in [0.2, 0.25) is 0 Å². The van der Waals surface area contributed by atoms with E-state index in [9.17, 15) is 5.11 Å². The van der Waals surface area contributed by atoms with Crippen molar-refractivity contribution in [3.05, 3.63) is 35.0 Å². The van der Waals surface area contributed by atoms with Gasteiger partial charge in [-0.3, -0.25) is 4.90 Å². The zero-order valence-corrected chi connectivity index (χ0v) is 16.9. The first kappa shape index (κ1) is 19.7. The van der Waals surface area contributed by atoms with E-state index < -0.39 is 0 Å². The molecule has 0 atom stereocenters. The predicted molar refractivity (Wildman–Crippen MR) is 111 cm³/mol. The number of nitrogens with zero attached hydrogens (tertiary/aromatic N) is 4. The molecule has 1 aromatic carbocycles. The lowest BCUT2D eigenvalue weighted by Crippen LogP contribution is -2.37. The molecule has 1 aromatic heterocycles. The van der Waals surface area contributed by atoms with Gasteiger partial charge in [-0.1, -0.05) is 6.07 Å². The van der Waals surface area contributed by atoms with E-state index in [2.05, 4.69) is 19.8 Å². The first-order chi connectivity index (χ1) is 14.1. The van der Waals surface area contributed by atoms with Crippen LogP contribution in [0.5, 0.6) is 11.8 Å². The van der Waals surface area contributed by atoms with Crippen molar-refractivity contribution in [3.8, 4) is 11.8 Å². The van der Waals surface area contributed by atoms with Crippen LogP contribution >= 0.6 is 0 Å². The van der Waals surface area contributed by atoms with Crippen LogP contribution < -0.4 is 15.4 Å². The van der Waals surface area contributed by atoms with Gasteiger partial charge in [-0.25, -0.2) is 0 Å². The number of anilines is 2. The minimum absolute atomic E-state index is 0.267. The Morgan fingerprint density at radius 3 is 2.86 bits per heavy atom. The maximum atomic E-state index is 9.86. The van der Waals surface area contributed by atoms with Gasteiger partial charge < -0.3 is 25.2 Å². The average Bonchev–Trinajstić information content (AvgIpc) is 2.73. The number of phenolic OH excluding ortho intramolecular Hbond substituents is 1. The molecule has 8 nitrogen and oxygen atoms in total. The van der Waals surface area contributed by atoms with Crippen molar-refractivity contribution in [1.82, 2.24) is 14.9 Å². The van der Waals surface area contributed by atoms with Gasteiger partial charge in [0.1, 0.15) is 11.6 Å². The summed E-state index contributed by atoms with van der Waals surface area (Å²) in [5.74, 6) is 0.772. The first-order valence-corrected chi connectivity index (χ1v) is 10.2. The smallest absolute Gasteiger partial charge is 0.318 e. The van der Waals surface area contributed by atoms with Crippen LogP contribution in [0, 0.1) is 6.92 Å². The molecular formula is C21H29N5O3. The highest BCUT2D eigenvalue weighted by molar-refractivity contribution is 5.59. The Labute approximate surface area is 171 Å². The summed E-state index contributed by atoms with van der Waals surface area (Å²) in [6, 6.07) is 5.78. The number of nitrogens with two attached hydrogens (primary N) is 1. The molecular weight excluding hydrogens is 370 g/mol. The number of nitrogen functional groups attached to an aromatic ring is 1. The van der Waals surface area contributed by atoms with Crippen LogP contribution in [-0.2, 0) is 17.7 Å². The first-order valence-electron chi connectivity index (χ1n) is 10.2. The van der Waals surface area contributed by atoms with Gasteiger partial charge in [0.25, 0.3) is 0 Å². The van der Waals surface area contributed by atoms with Crippen molar-refractivity contribution < 1.29 is 14.6 Å². The van der Waals surface area contributed by atoms with E-state index >= 15 is 0 Å². The molecule has 2 aliphatic rings. The maximum Gasteiger partial charge on any atom is 0.318 e. The Bertz CT molecular complexity index is 854. The van der Waals surface area contributed by atoms with E-state index in [1.54, 1.807) is 12.1 Å². The number of aryl methyl sites for hydroxylation is 1. The van der Waals surface area contributed by atoms with Crippen LogP contribution in [0.3, 0.4) is 0 Å². The molecule has 1 saturated heterocycles. The van der Waals surface area contributed by atoms with E-state index in [1.165, 1.54) is 0 Å². The van der Waals surface area contributed by atoms with Crippen molar-refractivity contribution >= 4 is 11.5 Å². The molecule has 0 amide bonds. The second kappa shape index (κ2) is 8.84. The summed E-state index contributed by atoms with van der Waals surface area (Å²) in [7, 11) is 0. The topological polar surface area (TPSA) is 97.0 Å². The molecule has 4 rings (SSSR count). The fourth-order valence-electron chi connectivity index (χ4n) is 3.92. The largest absolute Gasteiger partial charge is 0.508 e. The molecule has 1 fully saturated rings. The van der Waals surface area contributed by atoms with Gasteiger partial charge in [0, 0.05) is 43.5 Å². The van der Waals surface area contributed by atoms with Crippen molar-refractivity contribution in [1.29, 1.82) is 0 Å². The summed E-state index contributed by atoms with van der Waals surface area (Å²) in [6.07, 6.45) is 1.68. The zero-order valence-electron chi connectivity index (χ0n) is 16.9. The summed E-state index contributed by atoms with van der Waals surface area (Å²) in [5, 5.41) is 9.86. The molecule has 3 heterocycles. The van der Waals surface area contributed by atoms with Crippen LogP contribution in [0.1, 0.15) is 23.2 Å². The molecule has 2 aliphatic heterocycles. The molecule has 3 N–H and O–H groups in total. The Balaban J connectivity index is 1.39. The van der Waals surface area contributed by atoms with Gasteiger partial charge in [-0.15, -0.1) is 0 Å². The maximum absolute atomic E-state index is 9.86. The van der Waals surface area contributed by atoms with Gasteiger partial charge in [0.2, 0.25) is 0 Å². The Morgan fingerprint density at radius 2 is 2.03 bits per heavy atom. The fourth-order valence-corrected chi connectivity index (χ4v) is 3.92. The number of ether oxygens (including phenoxy) is 2. The van der Waals surface area contributed by atoms with Gasteiger partial charge in [0.15, 0.2) is 0 Å². The van der Waals surface area contributed by atoms with E-state index in [-0.39, 0.29) is 5.75 Å². The second-order valence-corrected chi connectivity index (χ2v) is 7.62. The fraction of sp³-hybridized carbons (Fsp3) is 0.524. The van der Waals surface area contributed by atoms with Gasteiger partial charge in [-0.2, -0.15) is 9.97 Å². The lowest BCUT2D eigenvalue weighted by Gasteiger charge is -2.31. The number of morpholine rings is 1. The Hall–Kier alpha value is -2.58. The van der Waals surface area contributed by atoms with Crippen molar-refractivity contribution in [2.24, 2.45) is 0 Å². The van der Waals surface area contributed by atoms with Crippen LogP contribution in [-0.4, -0.2) is 66.0 Å². The molecule has 0 saturated carbocycles. The van der Waals surface area contributed by atoms with E-state index in [0.29, 0.717) is 25.0 Å². The minimum atomic E-state index is 0.267. The second-order valence-electron chi connectivity index (χ2n) is 7.62. The predicted octanol–water partition coefficient (Wildman–Crippen LogP) is 1.74. The van der Waals surface area contributed by atoms with Crippen molar-refractivity contribution in [3.63, 3.8) is 0 Å². The molecule has 29 heavy (non-hydrogen) atoms. The summed E-state index contributed by atoms with van der Waals surface area (Å²) in [6.45, 7) is 8.59. The minimum Gasteiger partial charge on any atom is -0.508 e. The molecule has 0 unspecified atom stereocenters. The third kappa shape index (κ3) is 4.71. The number of aromatic hydroxyl groups is 1. The average molecular weight is 399 g/mol. The summed E-state index contributed by atoms with van der Waals surface area (Å²) in [5.41, 5.74) is 10.2. The number of benzene rings is 1. The lowest BCUT2D eigenvalue weighted by molar-refractivity contribution is 0.0356. The monoisotopic (exact) mass is 399 g/mol. The number of hydrogen-bond acceptors (Lipinski definition) is 8. The van der Waals surface area contributed by atoms with Gasteiger partial charge in [-0.05, 0) is 31.4 Å². The van der Waals surface area contributed by atoms with Crippen molar-refractivity contribution in [2.75, 3.05) is 56.6 Å². The molecule has 0 spiro atoms. The van der Waals surface area contributed by atoms with Crippen LogP contribution in [0.25, 0.3) is 0 Å². The third-order valence-electron chi connectivity index (χ3n) is 5.56. The highest BCUT2D eigenvalue weighted by Crippen LogP contribution is 2.31. The normalized spacial score (nSPS) is 17.2. The van der Waals surface area contributed by atoms with E-state index in [1.807, 2.05) is 13.0 Å². The SMILES string of the molecule is Cc1ccc(O)cc1N1CCc2c(N)nc(OCCCN3CCOCC3)nc2C1. The molecule has 156 valence electrons. The van der Waals surface area contributed by atoms with Gasteiger partial charge >= 0.3 is 6.01 Å². The third-order valence-corrected chi connectivity index (χ3v) is 5.56. The highest BCUT2D eigenvalue weighted by Gasteiger charge is 2.23. The highest BCUT2D eigenvalue weighted by atomic mass is 16.5. The number of aromatic nitrogens is 2. The number of fused-ring (bicyclic) bond motifs is 1. The summed E-state index contributed by atoms with van der Waals surface area (Å²) < 4.78 is 11.2. The van der Waals surface area contributed by atoms with Crippen molar-refractivity contribution in [2.45, 2.75) is 26.3 Å². The number of rotatable bonds is 6. The standard InChI is InChI=1S/C21H29N5O3/c1-15-3-4-16(27)13-19(15)26-7-5-17-18(14-26)23-21(24-20(17)22)29-10-2-6-25-8-11-28-12-9-25/h3-4,13,27H,2,5-12,14H2,1H3,(H2,22,23,24). The molecule has 8 heteroatoms. The van der Waals surface area contributed by atoms with Gasteiger partial charge in [0.05, 0.1) is 32.1 Å². The Kier molecular flexibility index (Phi) is 6.01. The molecule has 2 aromatic rings. The summed E-state index contributed by atoms with van der Waals surface area (Å²) in [4.78, 5) is 13.6. The van der Waals surface area contributed by atoms with Crippen LogP contribution in [0.4, 0.5) is 11.5 Å². The zero-order chi connectivity index (χ0) is 20.2. The number of hydrogen-bond donors (Lipinski definition) is 2. The molecule has 0 bridgehead atoms. The lowest BCUT2D eigenvalue weighted by atomic mass is 10.0.